The highest BCUT2D eigenvalue weighted by atomic mass is 19.4. The molecule has 0 amide bonds. The van der Waals surface area contributed by atoms with Gasteiger partial charge >= 0.3 is 6.98 Å². The Morgan fingerprint density at radius 2 is 1.17 bits per heavy atom. The fraction of sp³-hybridized carbons (Fsp3) is 0.739. The highest BCUT2D eigenvalue weighted by Crippen LogP contribution is 2.16. The predicted octanol–water partition coefficient (Wildman–Crippen LogP) is 6.75. The fourth-order valence-corrected chi connectivity index (χ4v) is 3.49. The van der Waals surface area contributed by atoms with Gasteiger partial charge < -0.3 is 22.2 Å². The zero-order valence-corrected chi connectivity index (χ0v) is 19.4. The van der Waals surface area contributed by atoms with Crippen molar-refractivity contribution in [2.45, 2.75) is 79.1 Å². The Bertz CT molecular complexity index is 486. The minimum absolute atomic E-state index is 0.228. The van der Waals surface area contributed by atoms with Crippen molar-refractivity contribution in [3.8, 4) is 5.75 Å². The molecule has 1 rings (SSSR count). The summed E-state index contributed by atoms with van der Waals surface area (Å²) in [7, 11) is 1.34. The topological polar surface area (TPSA) is 9.23 Å². The average molecular weight is 417 g/mol. The summed E-state index contributed by atoms with van der Waals surface area (Å²) in [4.78, 5) is 0. The minimum atomic E-state index is -4.91. The smallest absolute Gasteiger partial charge is 0.497 e. The van der Waals surface area contributed by atoms with Crippen molar-refractivity contribution >= 4 is 12.4 Å². The summed E-state index contributed by atoms with van der Waals surface area (Å²) in [6.45, 7) is 10.1. The van der Waals surface area contributed by atoms with E-state index in [1.54, 1.807) is 0 Å². The maximum Gasteiger partial charge on any atom is 0.509 e. The Labute approximate surface area is 177 Å². The van der Waals surface area contributed by atoms with Crippen molar-refractivity contribution < 1.29 is 22.2 Å². The van der Waals surface area contributed by atoms with Gasteiger partial charge in [0.15, 0.2) is 0 Å². The van der Waals surface area contributed by atoms with Crippen molar-refractivity contribution in [1.82, 2.24) is 0 Å². The Kier molecular flexibility index (Phi) is 15.0. The molecule has 0 atom stereocenters. The zero-order chi connectivity index (χ0) is 22.2. The number of methoxy groups -OCH3 is 1. The number of rotatable bonds is 14. The van der Waals surface area contributed by atoms with E-state index in [9.17, 15) is 12.9 Å². The van der Waals surface area contributed by atoms with Gasteiger partial charge in [-0.3, -0.25) is 0 Å². The lowest BCUT2D eigenvalue weighted by molar-refractivity contribution is -0.929. The molecule has 0 aliphatic heterocycles. The third-order valence-corrected chi connectivity index (χ3v) is 5.42. The van der Waals surface area contributed by atoms with E-state index in [1.807, 2.05) is 0 Å². The normalized spacial score (nSPS) is 11.7. The lowest BCUT2D eigenvalue weighted by Crippen LogP contribution is -2.50. The van der Waals surface area contributed by atoms with Gasteiger partial charge in [0, 0.05) is 0 Å². The molecule has 1 aromatic carbocycles. The molecule has 29 heavy (non-hydrogen) atoms. The van der Waals surface area contributed by atoms with Crippen LogP contribution in [-0.2, 0) is 0 Å². The van der Waals surface area contributed by atoms with Crippen LogP contribution in [0, 0.1) is 0 Å². The van der Waals surface area contributed by atoms with Crippen molar-refractivity contribution in [1.29, 1.82) is 0 Å². The van der Waals surface area contributed by atoms with Crippen molar-refractivity contribution in [3.63, 3.8) is 0 Å². The van der Waals surface area contributed by atoms with E-state index in [0.29, 0.717) is 0 Å². The van der Waals surface area contributed by atoms with E-state index < -0.39 is 12.4 Å². The van der Waals surface area contributed by atoms with Crippen LogP contribution in [0.15, 0.2) is 24.3 Å². The standard InChI is InChI=1S/C16H36N.C7H7BF3O/c1-5-9-13-17(14-10-6-2,15-11-7-3)16-12-8-4;1-12-7-4-2-3-6(5-7)8(9,10)11/h5-16H2,1-4H3;2-5H,1H3/q+1;-1. The first-order valence-corrected chi connectivity index (χ1v) is 11.5. The van der Waals surface area contributed by atoms with Gasteiger partial charge in [-0.05, 0) is 37.8 Å². The summed E-state index contributed by atoms with van der Waals surface area (Å²) in [5.41, 5.74) is -0.630. The van der Waals surface area contributed by atoms with Gasteiger partial charge in [-0.2, -0.15) is 0 Å². The number of halogens is 3. The van der Waals surface area contributed by atoms with Crippen LogP contribution in [0.3, 0.4) is 0 Å². The van der Waals surface area contributed by atoms with Gasteiger partial charge in [0.25, 0.3) is 0 Å². The number of nitrogens with zero attached hydrogens (tertiary/aromatic N) is 1. The number of ether oxygens (including phenoxy) is 1. The Morgan fingerprint density at radius 3 is 1.48 bits per heavy atom. The van der Waals surface area contributed by atoms with Crippen LogP contribution in [0.4, 0.5) is 12.9 Å². The average Bonchev–Trinajstić information content (AvgIpc) is 2.72. The largest absolute Gasteiger partial charge is 0.509 e. The highest BCUT2D eigenvalue weighted by Gasteiger charge is 2.25. The van der Waals surface area contributed by atoms with Crippen LogP contribution in [0.25, 0.3) is 0 Å². The molecular formula is C23H43BF3NO. The maximum atomic E-state index is 12.1. The number of quaternary nitrogens is 1. The first-order valence-electron chi connectivity index (χ1n) is 11.5. The van der Waals surface area contributed by atoms with Crippen LogP contribution in [0.5, 0.6) is 5.75 Å². The summed E-state index contributed by atoms with van der Waals surface area (Å²) >= 11 is 0. The van der Waals surface area contributed by atoms with E-state index in [0.717, 1.165) is 12.1 Å². The Morgan fingerprint density at radius 1 is 0.759 bits per heavy atom. The molecule has 0 N–H and O–H groups in total. The molecular weight excluding hydrogens is 374 g/mol. The number of benzene rings is 1. The molecule has 6 heteroatoms. The van der Waals surface area contributed by atoms with Crippen molar-refractivity contribution in [2.75, 3.05) is 33.3 Å². The SMILES string of the molecule is CCCC[N+](CCCC)(CCCC)CCCC.COc1cccc([B-](F)(F)F)c1. The molecule has 0 heterocycles. The van der Waals surface area contributed by atoms with Gasteiger partial charge in [-0.15, -0.1) is 5.46 Å². The van der Waals surface area contributed by atoms with E-state index in [2.05, 4.69) is 32.4 Å². The van der Waals surface area contributed by atoms with E-state index in [1.165, 1.54) is 101 Å². The highest BCUT2D eigenvalue weighted by molar-refractivity contribution is 6.73. The Hall–Kier alpha value is -1.17. The molecule has 0 spiro atoms. The third-order valence-electron chi connectivity index (χ3n) is 5.42. The quantitative estimate of drug-likeness (QED) is 0.240. The molecule has 0 saturated carbocycles. The third kappa shape index (κ3) is 12.2. The monoisotopic (exact) mass is 417 g/mol. The molecule has 0 aliphatic rings. The van der Waals surface area contributed by atoms with E-state index >= 15 is 0 Å². The van der Waals surface area contributed by atoms with Crippen LogP contribution >= 0.6 is 0 Å². The minimum Gasteiger partial charge on any atom is -0.497 e. The zero-order valence-electron chi connectivity index (χ0n) is 19.4. The van der Waals surface area contributed by atoms with E-state index in [4.69, 9.17) is 0 Å². The Balaban J connectivity index is 0.000000571. The summed E-state index contributed by atoms with van der Waals surface area (Å²) in [5.74, 6) is 0.228. The van der Waals surface area contributed by atoms with Crippen LogP contribution in [0.2, 0.25) is 0 Å². The molecule has 0 bridgehead atoms. The van der Waals surface area contributed by atoms with Crippen LogP contribution < -0.4 is 10.2 Å². The summed E-state index contributed by atoms with van der Waals surface area (Å²) in [5, 5.41) is 0. The van der Waals surface area contributed by atoms with Gasteiger partial charge in [-0.1, -0.05) is 65.5 Å². The van der Waals surface area contributed by atoms with E-state index in [-0.39, 0.29) is 5.75 Å². The lowest BCUT2D eigenvalue weighted by atomic mass is 9.80. The molecule has 0 aliphatic carbocycles. The molecule has 0 radical (unpaired) electrons. The van der Waals surface area contributed by atoms with Crippen LogP contribution in [0.1, 0.15) is 79.1 Å². The second-order valence-corrected chi connectivity index (χ2v) is 8.00. The van der Waals surface area contributed by atoms with Crippen molar-refractivity contribution in [2.24, 2.45) is 0 Å². The summed E-state index contributed by atoms with van der Waals surface area (Å²) in [6, 6.07) is 4.82. The molecule has 0 fully saturated rings. The lowest BCUT2D eigenvalue weighted by Gasteiger charge is -2.39. The second-order valence-electron chi connectivity index (χ2n) is 8.00. The molecule has 2 nitrogen and oxygen atoms in total. The van der Waals surface area contributed by atoms with Gasteiger partial charge in [0.2, 0.25) is 0 Å². The predicted molar refractivity (Wildman–Crippen MR) is 121 cm³/mol. The van der Waals surface area contributed by atoms with Gasteiger partial charge in [-0.25, -0.2) is 0 Å². The molecule has 1 aromatic rings. The first kappa shape index (κ1) is 27.8. The summed E-state index contributed by atoms with van der Waals surface area (Å²) in [6.07, 6.45) is 11.1. The molecule has 0 unspecified atom stereocenters. The summed E-state index contributed by atoms with van der Waals surface area (Å²) < 4.78 is 42.4. The second kappa shape index (κ2) is 15.6. The molecule has 170 valence electrons. The molecule has 0 saturated heterocycles. The first-order chi connectivity index (χ1) is 13.8. The van der Waals surface area contributed by atoms with Gasteiger partial charge in [0.1, 0.15) is 5.75 Å². The molecule has 0 aromatic heterocycles. The number of hydrogen-bond acceptors (Lipinski definition) is 1. The number of hydrogen-bond donors (Lipinski definition) is 0. The van der Waals surface area contributed by atoms with Crippen LogP contribution in [-0.4, -0.2) is 44.7 Å². The maximum absolute atomic E-state index is 12.1. The van der Waals surface area contributed by atoms with Crippen molar-refractivity contribution in [3.05, 3.63) is 24.3 Å². The fourth-order valence-electron chi connectivity index (χ4n) is 3.49. The van der Waals surface area contributed by atoms with Gasteiger partial charge in [0.05, 0.1) is 33.3 Å². The number of unbranched alkanes of at least 4 members (excludes halogenated alkanes) is 4.